The van der Waals surface area contributed by atoms with E-state index >= 15 is 0 Å². The van der Waals surface area contributed by atoms with Crippen molar-refractivity contribution in [3.63, 3.8) is 0 Å². The fraction of sp³-hybridized carbons (Fsp3) is 0.0769. The Morgan fingerprint density at radius 3 is 2.48 bits per heavy atom. The van der Waals surface area contributed by atoms with Gasteiger partial charge in [0.1, 0.15) is 11.4 Å². The van der Waals surface area contributed by atoms with Gasteiger partial charge in [-0.15, -0.1) is 0 Å². The molecule has 0 bridgehead atoms. The van der Waals surface area contributed by atoms with Gasteiger partial charge in [0.05, 0.1) is 11.6 Å². The highest BCUT2D eigenvalue weighted by atomic mass is 79.9. The van der Waals surface area contributed by atoms with E-state index in [1.54, 1.807) is 54.6 Å². The summed E-state index contributed by atoms with van der Waals surface area (Å²) < 4.78 is 19.9. The number of rotatable bonds is 5. The summed E-state index contributed by atoms with van der Waals surface area (Å²) in [5.41, 5.74) is 1.80. The first kappa shape index (κ1) is 21.2. The summed E-state index contributed by atoms with van der Waals surface area (Å²) in [6, 6.07) is 20.9. The molecular weight excluding hydrogens is 489 g/mol. The van der Waals surface area contributed by atoms with E-state index in [4.69, 9.17) is 4.42 Å². The Bertz CT molecular complexity index is 1410. The van der Waals surface area contributed by atoms with E-state index in [0.29, 0.717) is 16.7 Å². The molecule has 0 aliphatic carbocycles. The normalized spacial score (nSPS) is 16.1. The third kappa shape index (κ3) is 3.85. The lowest BCUT2D eigenvalue weighted by Gasteiger charge is -2.26. The molecule has 1 N–H and O–H groups in total. The van der Waals surface area contributed by atoms with Crippen LogP contribution in [-0.4, -0.2) is 21.7 Å². The van der Waals surface area contributed by atoms with Gasteiger partial charge >= 0.3 is 0 Å². The summed E-state index contributed by atoms with van der Waals surface area (Å²) in [4.78, 5) is 28.0. The van der Waals surface area contributed by atoms with Crippen LogP contribution in [0.3, 0.4) is 0 Å². The fourth-order valence-electron chi connectivity index (χ4n) is 4.08. The van der Waals surface area contributed by atoms with Crippen molar-refractivity contribution in [2.75, 3.05) is 0 Å². The standard InChI is InChI=1S/C26H17BrFNO4/c27-18-8-11-20-17(12-18)13-21(33-20)24(30)22-23(16-4-2-1-3-5-16)29(26(32)25(22)31)14-15-6-9-19(28)10-7-15/h1-13,23,31H,14H2. The SMILES string of the molecule is O=C(C1=C(O)C(=O)N(Cc2ccc(F)cc2)C1c1ccccc1)c1cc2cc(Br)ccc2o1. The maximum absolute atomic E-state index is 13.5. The zero-order valence-electron chi connectivity index (χ0n) is 17.2. The summed E-state index contributed by atoms with van der Waals surface area (Å²) >= 11 is 3.40. The van der Waals surface area contributed by atoms with Gasteiger partial charge in [0.15, 0.2) is 11.5 Å². The van der Waals surface area contributed by atoms with Crippen LogP contribution < -0.4 is 0 Å². The average molecular weight is 506 g/mol. The Morgan fingerprint density at radius 2 is 1.76 bits per heavy atom. The minimum atomic E-state index is -0.823. The van der Waals surface area contributed by atoms with Crippen LogP contribution in [0.25, 0.3) is 11.0 Å². The van der Waals surface area contributed by atoms with Gasteiger partial charge in [-0.2, -0.15) is 0 Å². The van der Waals surface area contributed by atoms with E-state index in [0.717, 1.165) is 9.86 Å². The fourth-order valence-corrected chi connectivity index (χ4v) is 4.45. The summed E-state index contributed by atoms with van der Waals surface area (Å²) in [5.74, 6) is -2.21. The number of Topliss-reactive ketones (excluding diaryl/α,β-unsaturated/α-hetero) is 1. The molecule has 164 valence electrons. The van der Waals surface area contributed by atoms with Crippen molar-refractivity contribution in [1.82, 2.24) is 4.90 Å². The Kier molecular flexibility index (Phi) is 5.34. The number of benzene rings is 3. The first-order valence-corrected chi connectivity index (χ1v) is 11.0. The molecule has 1 unspecified atom stereocenters. The molecule has 4 aromatic rings. The highest BCUT2D eigenvalue weighted by Crippen LogP contribution is 2.40. The second-order valence-electron chi connectivity index (χ2n) is 7.76. The summed E-state index contributed by atoms with van der Waals surface area (Å²) in [6.45, 7) is 0.0899. The summed E-state index contributed by atoms with van der Waals surface area (Å²) in [6.07, 6.45) is 0. The third-order valence-electron chi connectivity index (χ3n) is 5.63. The van der Waals surface area contributed by atoms with Gasteiger partial charge in [0, 0.05) is 16.4 Å². The molecule has 1 aromatic heterocycles. The molecule has 0 spiro atoms. The molecule has 1 atom stereocenters. The highest BCUT2D eigenvalue weighted by molar-refractivity contribution is 9.10. The van der Waals surface area contributed by atoms with E-state index in [1.807, 2.05) is 12.1 Å². The number of hydrogen-bond donors (Lipinski definition) is 1. The molecule has 1 aliphatic heterocycles. The van der Waals surface area contributed by atoms with Crippen LogP contribution in [-0.2, 0) is 11.3 Å². The first-order valence-electron chi connectivity index (χ1n) is 10.2. The van der Waals surface area contributed by atoms with E-state index in [1.165, 1.54) is 17.0 Å². The van der Waals surface area contributed by atoms with E-state index in [2.05, 4.69) is 15.9 Å². The van der Waals surface area contributed by atoms with Crippen LogP contribution in [0.15, 0.2) is 99.1 Å². The average Bonchev–Trinajstić information content (AvgIpc) is 3.35. The number of fused-ring (bicyclic) bond motifs is 1. The number of nitrogens with zero attached hydrogens (tertiary/aromatic N) is 1. The molecule has 0 fully saturated rings. The van der Waals surface area contributed by atoms with Gasteiger partial charge in [-0.05, 0) is 47.5 Å². The predicted octanol–water partition coefficient (Wildman–Crippen LogP) is 6.11. The van der Waals surface area contributed by atoms with Gasteiger partial charge in [-0.25, -0.2) is 4.39 Å². The van der Waals surface area contributed by atoms with Gasteiger partial charge in [0.25, 0.3) is 5.91 Å². The lowest BCUT2D eigenvalue weighted by atomic mass is 9.95. The predicted molar refractivity (Wildman–Crippen MR) is 124 cm³/mol. The van der Waals surface area contributed by atoms with Gasteiger partial charge < -0.3 is 14.4 Å². The minimum absolute atomic E-state index is 0.0296. The molecule has 7 heteroatoms. The second kappa shape index (κ2) is 8.33. The number of amides is 1. The maximum atomic E-state index is 13.5. The van der Waals surface area contributed by atoms with Crippen molar-refractivity contribution >= 4 is 38.6 Å². The van der Waals surface area contributed by atoms with E-state index < -0.39 is 23.5 Å². The van der Waals surface area contributed by atoms with Gasteiger partial charge in [-0.1, -0.05) is 58.4 Å². The Morgan fingerprint density at radius 1 is 1.03 bits per heavy atom. The van der Waals surface area contributed by atoms with Gasteiger partial charge in [0.2, 0.25) is 5.78 Å². The van der Waals surface area contributed by atoms with Crippen molar-refractivity contribution in [2.24, 2.45) is 0 Å². The topological polar surface area (TPSA) is 70.8 Å². The van der Waals surface area contributed by atoms with Crippen molar-refractivity contribution < 1.29 is 23.5 Å². The molecule has 33 heavy (non-hydrogen) atoms. The highest BCUT2D eigenvalue weighted by Gasteiger charge is 2.44. The number of ketones is 1. The lowest BCUT2D eigenvalue weighted by molar-refractivity contribution is -0.130. The zero-order valence-corrected chi connectivity index (χ0v) is 18.8. The number of halogens is 2. The quantitative estimate of drug-likeness (QED) is 0.332. The molecule has 5 rings (SSSR count). The third-order valence-corrected chi connectivity index (χ3v) is 6.13. The van der Waals surface area contributed by atoms with Gasteiger partial charge in [-0.3, -0.25) is 9.59 Å². The number of hydrogen-bond acceptors (Lipinski definition) is 4. The van der Waals surface area contributed by atoms with E-state index in [9.17, 15) is 19.1 Å². The van der Waals surface area contributed by atoms with Crippen molar-refractivity contribution in [1.29, 1.82) is 0 Å². The van der Waals surface area contributed by atoms with Crippen LogP contribution in [0, 0.1) is 5.82 Å². The molecule has 1 aliphatic rings. The van der Waals surface area contributed by atoms with Crippen LogP contribution in [0.5, 0.6) is 0 Å². The smallest absolute Gasteiger partial charge is 0.290 e. The number of furan rings is 1. The molecule has 0 saturated heterocycles. The van der Waals surface area contributed by atoms with Crippen molar-refractivity contribution in [2.45, 2.75) is 12.6 Å². The Hall–Kier alpha value is -3.71. The maximum Gasteiger partial charge on any atom is 0.290 e. The molecule has 5 nitrogen and oxygen atoms in total. The van der Waals surface area contributed by atoms with Crippen molar-refractivity contribution in [3.05, 3.63) is 117 Å². The van der Waals surface area contributed by atoms with Crippen LogP contribution in [0.4, 0.5) is 4.39 Å². The lowest BCUT2D eigenvalue weighted by Crippen LogP contribution is -2.30. The molecule has 0 radical (unpaired) electrons. The number of aliphatic hydroxyl groups is 1. The van der Waals surface area contributed by atoms with Crippen molar-refractivity contribution in [3.8, 4) is 0 Å². The summed E-state index contributed by atoms with van der Waals surface area (Å²) in [7, 11) is 0. The number of carbonyl (C=O) groups is 2. The molecule has 2 heterocycles. The minimum Gasteiger partial charge on any atom is -0.503 e. The molecule has 0 saturated carbocycles. The molecule has 3 aromatic carbocycles. The first-order chi connectivity index (χ1) is 15.9. The number of aliphatic hydroxyl groups excluding tert-OH is 1. The molecule has 1 amide bonds. The van der Waals surface area contributed by atoms with Crippen LogP contribution >= 0.6 is 15.9 Å². The zero-order chi connectivity index (χ0) is 23.1. The second-order valence-corrected chi connectivity index (χ2v) is 8.67. The largest absolute Gasteiger partial charge is 0.503 e. The Labute approximate surface area is 196 Å². The Balaban J connectivity index is 1.58. The van der Waals surface area contributed by atoms with Crippen LogP contribution in [0.1, 0.15) is 27.7 Å². The number of carbonyl (C=O) groups excluding carboxylic acids is 2. The monoisotopic (exact) mass is 505 g/mol. The van der Waals surface area contributed by atoms with E-state index in [-0.39, 0.29) is 23.7 Å². The van der Waals surface area contributed by atoms with Crippen LogP contribution in [0.2, 0.25) is 0 Å². The summed E-state index contributed by atoms with van der Waals surface area (Å²) in [5, 5.41) is 11.5. The molecular formula is C26H17BrFNO4.